The van der Waals surface area contributed by atoms with E-state index in [1.54, 1.807) is 13.8 Å². The maximum atomic E-state index is 12.7. The zero-order valence-electron chi connectivity index (χ0n) is 14.1. The molecule has 0 unspecified atom stereocenters. The highest BCUT2D eigenvalue weighted by Crippen LogP contribution is 2.26. The number of aromatic nitrogens is 2. The number of aryl methyl sites for hydroxylation is 2. The van der Waals surface area contributed by atoms with Crippen molar-refractivity contribution in [2.75, 3.05) is 5.32 Å². The second kappa shape index (κ2) is 6.97. The SMILES string of the molecule is Cc1cc([N+](=O)[O-])ccc1NC(=O)c1c(C)nn(-c2ccccc2)c1Cl. The van der Waals surface area contributed by atoms with Crippen molar-refractivity contribution in [1.29, 1.82) is 0 Å². The van der Waals surface area contributed by atoms with Gasteiger partial charge in [0.2, 0.25) is 0 Å². The van der Waals surface area contributed by atoms with Crippen molar-refractivity contribution in [2.24, 2.45) is 0 Å². The first-order chi connectivity index (χ1) is 12.4. The smallest absolute Gasteiger partial charge is 0.269 e. The molecule has 0 aliphatic rings. The zero-order valence-corrected chi connectivity index (χ0v) is 14.8. The molecule has 7 nitrogen and oxygen atoms in total. The number of carbonyl (C=O) groups excluding carboxylic acids is 1. The van der Waals surface area contributed by atoms with Gasteiger partial charge in [0.05, 0.1) is 16.3 Å². The third kappa shape index (κ3) is 3.29. The van der Waals surface area contributed by atoms with Crippen LogP contribution in [0, 0.1) is 24.0 Å². The number of rotatable bonds is 4. The number of hydrogen-bond acceptors (Lipinski definition) is 4. The number of nitro benzene ring substituents is 1. The molecule has 0 radical (unpaired) electrons. The van der Waals surface area contributed by atoms with Gasteiger partial charge in [-0.25, -0.2) is 4.68 Å². The van der Waals surface area contributed by atoms with Crippen molar-refractivity contribution >= 4 is 28.9 Å². The van der Waals surface area contributed by atoms with E-state index in [0.29, 0.717) is 16.9 Å². The maximum absolute atomic E-state index is 12.7. The number of benzene rings is 2. The predicted molar refractivity (Wildman–Crippen MR) is 99.1 cm³/mol. The average Bonchev–Trinajstić information content (AvgIpc) is 2.91. The maximum Gasteiger partial charge on any atom is 0.269 e. The van der Waals surface area contributed by atoms with Crippen molar-refractivity contribution < 1.29 is 9.72 Å². The molecule has 1 amide bonds. The number of non-ortho nitro benzene ring substituents is 1. The molecule has 0 saturated carbocycles. The van der Waals surface area contributed by atoms with Gasteiger partial charge < -0.3 is 5.32 Å². The molecule has 26 heavy (non-hydrogen) atoms. The number of hydrogen-bond donors (Lipinski definition) is 1. The van der Waals surface area contributed by atoms with Crippen LogP contribution in [-0.4, -0.2) is 20.6 Å². The molecule has 0 aliphatic heterocycles. The van der Waals surface area contributed by atoms with Crippen LogP contribution >= 0.6 is 11.6 Å². The Balaban J connectivity index is 1.92. The lowest BCUT2D eigenvalue weighted by Crippen LogP contribution is -2.14. The number of nitro groups is 1. The lowest BCUT2D eigenvalue weighted by atomic mass is 10.1. The fraction of sp³-hybridized carbons (Fsp3) is 0.111. The van der Waals surface area contributed by atoms with Gasteiger partial charge in [0.15, 0.2) is 0 Å². The van der Waals surface area contributed by atoms with E-state index in [0.717, 1.165) is 5.69 Å². The van der Waals surface area contributed by atoms with Crippen LogP contribution in [0.4, 0.5) is 11.4 Å². The molecular formula is C18H15ClN4O3. The third-order valence-corrected chi connectivity index (χ3v) is 4.25. The fourth-order valence-corrected chi connectivity index (χ4v) is 2.94. The molecule has 132 valence electrons. The number of amides is 1. The summed E-state index contributed by atoms with van der Waals surface area (Å²) in [4.78, 5) is 23.0. The largest absolute Gasteiger partial charge is 0.322 e. The molecule has 2 aromatic carbocycles. The monoisotopic (exact) mass is 370 g/mol. The highest BCUT2D eigenvalue weighted by Gasteiger charge is 2.22. The van der Waals surface area contributed by atoms with Gasteiger partial charge >= 0.3 is 0 Å². The van der Waals surface area contributed by atoms with Gasteiger partial charge in [0.25, 0.3) is 11.6 Å². The Labute approximate surface area is 154 Å². The summed E-state index contributed by atoms with van der Waals surface area (Å²) in [5.74, 6) is -0.424. The zero-order chi connectivity index (χ0) is 18.8. The van der Waals surface area contributed by atoms with Gasteiger partial charge in [0, 0.05) is 17.8 Å². The molecule has 1 aromatic heterocycles. The van der Waals surface area contributed by atoms with Gasteiger partial charge in [-0.1, -0.05) is 29.8 Å². The quantitative estimate of drug-likeness (QED) is 0.547. The summed E-state index contributed by atoms with van der Waals surface area (Å²) in [7, 11) is 0. The molecule has 0 aliphatic carbocycles. The van der Waals surface area contributed by atoms with E-state index in [9.17, 15) is 14.9 Å². The summed E-state index contributed by atoms with van der Waals surface area (Å²) in [5.41, 5.74) is 2.50. The molecule has 0 saturated heterocycles. The van der Waals surface area contributed by atoms with Crippen molar-refractivity contribution in [3.8, 4) is 5.69 Å². The molecule has 0 fully saturated rings. The number of nitrogens with one attached hydrogen (secondary N) is 1. The molecular weight excluding hydrogens is 356 g/mol. The van der Waals surface area contributed by atoms with Crippen LogP contribution in [-0.2, 0) is 0 Å². The van der Waals surface area contributed by atoms with Crippen LogP contribution in [0.15, 0.2) is 48.5 Å². The lowest BCUT2D eigenvalue weighted by Gasteiger charge is -2.08. The van der Waals surface area contributed by atoms with Crippen molar-refractivity contribution in [3.63, 3.8) is 0 Å². The van der Waals surface area contributed by atoms with Crippen molar-refractivity contribution in [2.45, 2.75) is 13.8 Å². The van der Waals surface area contributed by atoms with Crippen molar-refractivity contribution in [1.82, 2.24) is 9.78 Å². The van der Waals surface area contributed by atoms with E-state index < -0.39 is 10.8 Å². The van der Waals surface area contributed by atoms with Gasteiger partial charge in [0.1, 0.15) is 10.7 Å². The fourth-order valence-electron chi connectivity index (χ4n) is 2.58. The first kappa shape index (κ1) is 17.6. The van der Waals surface area contributed by atoms with E-state index in [1.165, 1.54) is 22.9 Å². The summed E-state index contributed by atoms with van der Waals surface area (Å²) >= 11 is 6.38. The van der Waals surface area contributed by atoms with Gasteiger partial charge in [-0.3, -0.25) is 14.9 Å². The molecule has 0 spiro atoms. The Morgan fingerprint density at radius 1 is 1.19 bits per heavy atom. The van der Waals surface area contributed by atoms with E-state index >= 15 is 0 Å². The molecule has 0 atom stereocenters. The number of anilines is 1. The molecule has 3 aromatic rings. The summed E-state index contributed by atoms with van der Waals surface area (Å²) < 4.78 is 1.49. The summed E-state index contributed by atoms with van der Waals surface area (Å²) in [5, 5.41) is 18.1. The molecule has 1 heterocycles. The predicted octanol–water partition coefficient (Wildman–Crippen LogP) is 4.30. The minimum atomic E-state index is -0.483. The van der Waals surface area contributed by atoms with Gasteiger partial charge in [-0.2, -0.15) is 5.10 Å². The second-order valence-corrected chi connectivity index (χ2v) is 6.07. The lowest BCUT2D eigenvalue weighted by molar-refractivity contribution is -0.384. The van der Waals surface area contributed by atoms with E-state index in [2.05, 4.69) is 10.4 Å². The minimum absolute atomic E-state index is 0.0355. The molecule has 3 rings (SSSR count). The standard InChI is InChI=1S/C18H15ClN4O3/c1-11-10-14(23(25)26)8-9-15(11)20-18(24)16-12(2)21-22(17(16)19)13-6-4-3-5-7-13/h3-10H,1-2H3,(H,20,24). The Morgan fingerprint density at radius 3 is 2.50 bits per heavy atom. The first-order valence-corrected chi connectivity index (χ1v) is 8.13. The number of halogens is 1. The van der Waals surface area contributed by atoms with Crippen LogP contribution in [0.3, 0.4) is 0 Å². The Hall–Kier alpha value is -3.19. The topological polar surface area (TPSA) is 90.1 Å². The summed E-state index contributed by atoms with van der Waals surface area (Å²) in [6.07, 6.45) is 0. The van der Waals surface area contributed by atoms with E-state index in [-0.39, 0.29) is 16.4 Å². The Morgan fingerprint density at radius 2 is 1.88 bits per heavy atom. The average molecular weight is 371 g/mol. The number of nitrogens with zero attached hydrogens (tertiary/aromatic N) is 3. The second-order valence-electron chi connectivity index (χ2n) is 5.71. The van der Waals surface area contributed by atoms with Gasteiger partial charge in [-0.05, 0) is 37.6 Å². The van der Waals surface area contributed by atoms with Crippen molar-refractivity contribution in [3.05, 3.63) is 80.6 Å². The van der Waals surface area contributed by atoms with Crippen LogP contribution in [0.5, 0.6) is 0 Å². The normalized spacial score (nSPS) is 10.6. The first-order valence-electron chi connectivity index (χ1n) is 7.75. The third-order valence-electron chi connectivity index (χ3n) is 3.90. The number of para-hydroxylation sites is 1. The van der Waals surface area contributed by atoms with E-state index in [4.69, 9.17) is 11.6 Å². The molecule has 8 heteroatoms. The van der Waals surface area contributed by atoms with Crippen LogP contribution in [0.2, 0.25) is 5.15 Å². The van der Waals surface area contributed by atoms with E-state index in [1.807, 2.05) is 30.3 Å². The molecule has 0 bridgehead atoms. The molecule has 1 N–H and O–H groups in total. The highest BCUT2D eigenvalue weighted by molar-refractivity contribution is 6.34. The number of carbonyl (C=O) groups is 1. The van der Waals surface area contributed by atoms with Crippen LogP contribution in [0.25, 0.3) is 5.69 Å². The van der Waals surface area contributed by atoms with Crippen LogP contribution in [0.1, 0.15) is 21.6 Å². The Kier molecular flexibility index (Phi) is 4.73. The highest BCUT2D eigenvalue weighted by atomic mass is 35.5. The summed E-state index contributed by atoms with van der Waals surface area (Å²) in [6.45, 7) is 3.38. The Bertz CT molecular complexity index is 999. The van der Waals surface area contributed by atoms with Crippen LogP contribution < -0.4 is 5.32 Å². The van der Waals surface area contributed by atoms with Gasteiger partial charge in [-0.15, -0.1) is 0 Å². The summed E-state index contributed by atoms with van der Waals surface area (Å²) in [6, 6.07) is 13.5. The minimum Gasteiger partial charge on any atom is -0.322 e.